The minimum absolute atomic E-state index is 0.0457. The van der Waals surface area contributed by atoms with Crippen LogP contribution in [0.5, 0.6) is 0 Å². The van der Waals surface area contributed by atoms with Crippen molar-refractivity contribution >= 4 is 17.6 Å². The van der Waals surface area contributed by atoms with Crippen molar-refractivity contribution in [3.63, 3.8) is 0 Å². The van der Waals surface area contributed by atoms with E-state index in [-0.39, 0.29) is 17.7 Å². The Labute approximate surface area is 158 Å². The van der Waals surface area contributed by atoms with Crippen LogP contribution >= 0.6 is 0 Å². The molecule has 140 valence electrons. The Hall–Kier alpha value is -2.96. The van der Waals surface area contributed by atoms with Gasteiger partial charge in [-0.15, -0.1) is 0 Å². The molecule has 2 fully saturated rings. The first kappa shape index (κ1) is 17.5. The van der Waals surface area contributed by atoms with Crippen molar-refractivity contribution in [2.45, 2.75) is 13.0 Å². The van der Waals surface area contributed by atoms with E-state index in [1.807, 2.05) is 35.2 Å². The van der Waals surface area contributed by atoms with E-state index in [9.17, 15) is 9.59 Å². The largest absolute Gasteiger partial charge is 0.353 e. The normalized spacial score (nSPS) is 20.2. The predicted molar refractivity (Wildman–Crippen MR) is 101 cm³/mol. The summed E-state index contributed by atoms with van der Waals surface area (Å²) in [7, 11) is 0. The third-order valence-corrected chi connectivity index (χ3v) is 5.22. The van der Waals surface area contributed by atoms with Crippen molar-refractivity contribution in [1.29, 1.82) is 0 Å². The molecule has 0 N–H and O–H groups in total. The molecule has 4 heterocycles. The number of amides is 2. The van der Waals surface area contributed by atoms with Gasteiger partial charge in [0.2, 0.25) is 11.8 Å². The molecule has 7 nitrogen and oxygen atoms in total. The summed E-state index contributed by atoms with van der Waals surface area (Å²) in [5.41, 5.74) is 0.989. The van der Waals surface area contributed by atoms with Crippen molar-refractivity contribution in [3.8, 4) is 0 Å². The Balaban J connectivity index is 1.32. The number of carbonyl (C=O) groups excluding carboxylic acids is 2. The van der Waals surface area contributed by atoms with Gasteiger partial charge in [0.05, 0.1) is 5.92 Å². The zero-order valence-corrected chi connectivity index (χ0v) is 15.2. The van der Waals surface area contributed by atoms with E-state index in [2.05, 4.69) is 14.9 Å². The average molecular weight is 365 g/mol. The van der Waals surface area contributed by atoms with E-state index < -0.39 is 0 Å². The van der Waals surface area contributed by atoms with Crippen LogP contribution in [0, 0.1) is 5.92 Å². The minimum Gasteiger partial charge on any atom is -0.353 e. The van der Waals surface area contributed by atoms with E-state index in [0.29, 0.717) is 32.6 Å². The summed E-state index contributed by atoms with van der Waals surface area (Å²) in [4.78, 5) is 39.5. The highest BCUT2D eigenvalue weighted by Crippen LogP contribution is 2.23. The van der Waals surface area contributed by atoms with Crippen LogP contribution in [0.25, 0.3) is 0 Å². The van der Waals surface area contributed by atoms with Crippen LogP contribution in [-0.4, -0.2) is 64.3 Å². The van der Waals surface area contributed by atoms with Crippen molar-refractivity contribution in [3.05, 3.63) is 54.5 Å². The van der Waals surface area contributed by atoms with Gasteiger partial charge in [-0.3, -0.25) is 14.6 Å². The third-order valence-electron chi connectivity index (χ3n) is 5.22. The molecule has 0 aromatic carbocycles. The molecule has 2 aliphatic heterocycles. The third kappa shape index (κ3) is 3.92. The summed E-state index contributed by atoms with van der Waals surface area (Å²) < 4.78 is 0. The number of aromatic nitrogens is 2. The fourth-order valence-corrected chi connectivity index (χ4v) is 3.76. The van der Waals surface area contributed by atoms with Gasteiger partial charge < -0.3 is 14.7 Å². The minimum atomic E-state index is -0.240. The number of hydrogen-bond donors (Lipinski definition) is 0. The van der Waals surface area contributed by atoms with E-state index in [0.717, 1.165) is 24.5 Å². The average Bonchev–Trinajstić information content (AvgIpc) is 3.09. The van der Waals surface area contributed by atoms with Gasteiger partial charge in [0.25, 0.3) is 0 Å². The van der Waals surface area contributed by atoms with Gasteiger partial charge in [-0.25, -0.2) is 4.98 Å². The lowest BCUT2D eigenvalue weighted by Gasteiger charge is -2.36. The number of nitrogens with zero attached hydrogens (tertiary/aromatic N) is 5. The Morgan fingerprint density at radius 2 is 1.93 bits per heavy atom. The lowest BCUT2D eigenvalue weighted by molar-refractivity contribution is -0.136. The molecular formula is C20H23N5O2. The zero-order chi connectivity index (χ0) is 18.6. The van der Waals surface area contributed by atoms with Crippen LogP contribution in [0.2, 0.25) is 0 Å². The highest BCUT2D eigenvalue weighted by molar-refractivity contribution is 5.89. The molecule has 2 aromatic heterocycles. The molecule has 0 aliphatic carbocycles. The fourth-order valence-electron chi connectivity index (χ4n) is 3.76. The van der Waals surface area contributed by atoms with Crippen LogP contribution in [0.1, 0.15) is 12.0 Å². The van der Waals surface area contributed by atoms with Crippen LogP contribution in [0.3, 0.4) is 0 Å². The standard InChI is InChI=1S/C20H23N5O2/c26-19-12-17(15-25(19)14-16-4-3-6-21-13-16)20(27)24-10-8-23(9-11-24)18-5-1-2-7-22-18/h1-7,13,17H,8-12,14-15H2. The topological polar surface area (TPSA) is 69.6 Å². The van der Waals surface area contributed by atoms with E-state index >= 15 is 0 Å². The van der Waals surface area contributed by atoms with Crippen molar-refractivity contribution in [1.82, 2.24) is 19.8 Å². The maximum atomic E-state index is 12.9. The van der Waals surface area contributed by atoms with Crippen LogP contribution in [0.15, 0.2) is 48.9 Å². The molecule has 1 unspecified atom stereocenters. The van der Waals surface area contributed by atoms with Crippen LogP contribution in [-0.2, 0) is 16.1 Å². The first-order valence-electron chi connectivity index (χ1n) is 9.32. The summed E-state index contributed by atoms with van der Waals surface area (Å²) in [5, 5.41) is 0. The van der Waals surface area contributed by atoms with Crippen molar-refractivity contribution in [2.75, 3.05) is 37.6 Å². The first-order chi connectivity index (χ1) is 13.2. The Kier molecular flexibility index (Phi) is 5.00. The molecule has 2 amide bonds. The summed E-state index contributed by atoms with van der Waals surface area (Å²) in [6.45, 7) is 3.88. The van der Waals surface area contributed by atoms with Crippen LogP contribution < -0.4 is 4.90 Å². The molecule has 4 rings (SSSR count). The second-order valence-electron chi connectivity index (χ2n) is 7.04. The maximum absolute atomic E-state index is 12.9. The Morgan fingerprint density at radius 1 is 1.07 bits per heavy atom. The number of hydrogen-bond acceptors (Lipinski definition) is 5. The van der Waals surface area contributed by atoms with Gasteiger partial charge >= 0.3 is 0 Å². The number of carbonyl (C=O) groups is 2. The van der Waals surface area contributed by atoms with Crippen LogP contribution in [0.4, 0.5) is 5.82 Å². The van der Waals surface area contributed by atoms with E-state index in [1.165, 1.54) is 0 Å². The highest BCUT2D eigenvalue weighted by Gasteiger charge is 2.37. The number of pyridine rings is 2. The number of anilines is 1. The molecule has 0 bridgehead atoms. The van der Waals surface area contributed by atoms with E-state index in [1.54, 1.807) is 23.5 Å². The number of likely N-dealkylation sites (tertiary alicyclic amines) is 1. The Bertz CT molecular complexity index is 791. The van der Waals surface area contributed by atoms with Gasteiger partial charge in [0.1, 0.15) is 5.82 Å². The quantitative estimate of drug-likeness (QED) is 0.814. The molecule has 0 spiro atoms. The number of rotatable bonds is 4. The van der Waals surface area contributed by atoms with Gasteiger partial charge in [-0.1, -0.05) is 12.1 Å². The van der Waals surface area contributed by atoms with Gasteiger partial charge in [-0.2, -0.15) is 0 Å². The van der Waals surface area contributed by atoms with Crippen molar-refractivity contribution in [2.24, 2.45) is 5.92 Å². The number of piperazine rings is 1. The summed E-state index contributed by atoms with van der Waals surface area (Å²) in [6.07, 6.45) is 5.57. The molecule has 2 aliphatic rings. The smallest absolute Gasteiger partial charge is 0.228 e. The molecule has 0 radical (unpaired) electrons. The van der Waals surface area contributed by atoms with E-state index in [4.69, 9.17) is 0 Å². The molecular weight excluding hydrogens is 342 g/mol. The lowest BCUT2D eigenvalue weighted by atomic mass is 10.1. The van der Waals surface area contributed by atoms with Gasteiger partial charge in [-0.05, 0) is 23.8 Å². The second kappa shape index (κ2) is 7.73. The highest BCUT2D eigenvalue weighted by atomic mass is 16.2. The summed E-state index contributed by atoms with van der Waals surface area (Å²) in [5.74, 6) is 0.848. The maximum Gasteiger partial charge on any atom is 0.228 e. The zero-order valence-electron chi connectivity index (χ0n) is 15.2. The SMILES string of the molecule is O=C1CC(C(=O)N2CCN(c3ccccn3)CC2)CN1Cc1cccnc1. The van der Waals surface area contributed by atoms with Gasteiger partial charge in [0, 0.05) is 64.3 Å². The molecule has 2 saturated heterocycles. The molecule has 0 saturated carbocycles. The Morgan fingerprint density at radius 3 is 2.63 bits per heavy atom. The fraction of sp³-hybridized carbons (Fsp3) is 0.400. The molecule has 7 heteroatoms. The monoisotopic (exact) mass is 365 g/mol. The molecule has 2 aromatic rings. The van der Waals surface area contributed by atoms with Crippen molar-refractivity contribution < 1.29 is 9.59 Å². The van der Waals surface area contributed by atoms with Gasteiger partial charge in [0.15, 0.2) is 0 Å². The second-order valence-corrected chi connectivity index (χ2v) is 7.04. The lowest BCUT2D eigenvalue weighted by Crippen LogP contribution is -2.50. The first-order valence-corrected chi connectivity index (χ1v) is 9.32. The predicted octanol–water partition coefficient (Wildman–Crippen LogP) is 1.17. The molecule has 1 atom stereocenters. The summed E-state index contributed by atoms with van der Waals surface area (Å²) >= 11 is 0. The molecule has 27 heavy (non-hydrogen) atoms. The summed E-state index contributed by atoms with van der Waals surface area (Å²) in [6, 6.07) is 9.67.